The van der Waals surface area contributed by atoms with Crippen molar-refractivity contribution < 1.29 is 43.9 Å². The molecule has 0 fully saturated rings. The lowest BCUT2D eigenvalue weighted by Gasteiger charge is -2.29. The molecule has 0 saturated carbocycles. The summed E-state index contributed by atoms with van der Waals surface area (Å²) in [5, 5.41) is 0. The zero-order chi connectivity index (χ0) is 12.7. The fourth-order valence-electron chi connectivity index (χ4n) is 0.579. The third-order valence-electron chi connectivity index (χ3n) is 1.07. The Balaban J connectivity index is 5.33. The molecule has 0 aromatic carbocycles. The average Bonchev–Trinajstić information content (AvgIpc) is 1.76. The van der Waals surface area contributed by atoms with E-state index in [2.05, 4.69) is 0 Å². The Bertz CT molecular complexity index is 198. The van der Waals surface area contributed by atoms with Crippen molar-refractivity contribution in [2.24, 2.45) is 0 Å². The smallest absolute Gasteiger partial charge is 0.203 e. The van der Waals surface area contributed by atoms with E-state index in [0.717, 1.165) is 0 Å². The molecule has 0 unspecified atom stereocenters. The summed E-state index contributed by atoms with van der Waals surface area (Å²) in [6.45, 7) is 0. The number of halogens is 10. The minimum Gasteiger partial charge on any atom is -0.203 e. The van der Waals surface area contributed by atoms with Crippen LogP contribution in [0.15, 0.2) is 0 Å². The monoisotopic (exact) mass is 270 g/mol. The summed E-state index contributed by atoms with van der Waals surface area (Å²) in [5.74, 6) is -12.8. The van der Waals surface area contributed by atoms with E-state index in [1.807, 2.05) is 0 Å². The van der Waals surface area contributed by atoms with E-state index < -0.39 is 31.8 Å². The largest absolute Gasteiger partial charge is 0.420 e. The van der Waals surface area contributed by atoms with Crippen LogP contribution in [0.2, 0.25) is 0 Å². The van der Waals surface area contributed by atoms with Crippen LogP contribution in [0, 0.1) is 0 Å². The summed E-state index contributed by atoms with van der Waals surface area (Å²) in [4.78, 5) is 0. The third-order valence-corrected chi connectivity index (χ3v) is 2.87. The topological polar surface area (TPSA) is 0 Å². The van der Waals surface area contributed by atoms with Gasteiger partial charge in [0, 0.05) is 0 Å². The van der Waals surface area contributed by atoms with E-state index in [0.29, 0.717) is 0 Å². The lowest BCUT2D eigenvalue weighted by molar-refractivity contribution is -0.124. The molecular weight excluding hydrogens is 269 g/mol. The van der Waals surface area contributed by atoms with Crippen molar-refractivity contribution in [3.8, 4) is 0 Å². The van der Waals surface area contributed by atoms with Gasteiger partial charge in [0.15, 0.2) is 7.92 Å². The molecule has 0 rings (SSSR count). The summed E-state index contributed by atoms with van der Waals surface area (Å²) in [7, 11) is -6.11. The minimum absolute atomic E-state index is 5.02. The fourth-order valence-corrected chi connectivity index (χ4v) is 1.74. The predicted octanol–water partition coefficient (Wildman–Crippen LogP) is 4.37. The molecular formula is C4HF10P. The van der Waals surface area contributed by atoms with Crippen molar-refractivity contribution in [3.05, 3.63) is 0 Å². The first kappa shape index (κ1) is 14.7. The molecule has 0 nitrogen and oxygen atoms in total. The second-order valence-corrected chi connectivity index (χ2v) is 4.44. The maximum Gasteiger partial charge on any atom is 0.420 e. The van der Waals surface area contributed by atoms with Gasteiger partial charge >= 0.3 is 23.9 Å². The first-order valence-electron chi connectivity index (χ1n) is 2.91. The standard InChI is InChI=1S/C4HF10P/c5-1(6)2(7,8)15(3(9,10)11)4(12,13)14/h1H. The van der Waals surface area contributed by atoms with Crippen LogP contribution in [0.4, 0.5) is 43.9 Å². The van der Waals surface area contributed by atoms with Crippen LogP contribution < -0.4 is 0 Å². The van der Waals surface area contributed by atoms with Crippen LogP contribution in [0.25, 0.3) is 0 Å². The summed E-state index contributed by atoms with van der Waals surface area (Å²) >= 11 is 0. The molecule has 0 aromatic heterocycles. The van der Waals surface area contributed by atoms with E-state index in [1.165, 1.54) is 0 Å². The van der Waals surface area contributed by atoms with Crippen LogP contribution in [0.1, 0.15) is 0 Å². The molecule has 0 bridgehead atoms. The van der Waals surface area contributed by atoms with Crippen molar-refractivity contribution in [2.75, 3.05) is 0 Å². The molecule has 0 radical (unpaired) electrons. The molecule has 0 aliphatic carbocycles. The number of hydrogen-bond acceptors (Lipinski definition) is 0. The van der Waals surface area contributed by atoms with E-state index in [4.69, 9.17) is 0 Å². The Morgan fingerprint density at radius 1 is 0.667 bits per heavy atom. The molecule has 92 valence electrons. The molecule has 0 heterocycles. The van der Waals surface area contributed by atoms with E-state index in [9.17, 15) is 43.9 Å². The van der Waals surface area contributed by atoms with Gasteiger partial charge in [-0.1, -0.05) is 0 Å². The summed E-state index contributed by atoms with van der Waals surface area (Å²) in [6.07, 6.45) is -5.02. The maximum atomic E-state index is 12.0. The Hall–Kier alpha value is -0.270. The van der Waals surface area contributed by atoms with Crippen molar-refractivity contribution in [1.82, 2.24) is 0 Å². The van der Waals surface area contributed by atoms with Gasteiger partial charge in [0.25, 0.3) is 0 Å². The fraction of sp³-hybridized carbons (Fsp3) is 1.00. The molecule has 0 spiro atoms. The molecule has 11 heteroatoms. The van der Waals surface area contributed by atoms with Gasteiger partial charge in [-0.2, -0.15) is 35.1 Å². The summed E-state index contributed by atoms with van der Waals surface area (Å²) in [5.41, 5.74) is -6.13. The van der Waals surface area contributed by atoms with Gasteiger partial charge in [-0.05, 0) is 0 Å². The lowest BCUT2D eigenvalue weighted by Crippen LogP contribution is -2.36. The highest BCUT2D eigenvalue weighted by Gasteiger charge is 2.72. The summed E-state index contributed by atoms with van der Waals surface area (Å²) < 4.78 is 116. The van der Waals surface area contributed by atoms with E-state index in [1.54, 1.807) is 0 Å². The highest BCUT2D eigenvalue weighted by Crippen LogP contribution is 2.73. The van der Waals surface area contributed by atoms with E-state index in [-0.39, 0.29) is 0 Å². The van der Waals surface area contributed by atoms with Crippen LogP contribution in [-0.4, -0.2) is 23.9 Å². The van der Waals surface area contributed by atoms with Gasteiger partial charge in [-0.15, -0.1) is 0 Å². The predicted molar refractivity (Wildman–Crippen MR) is 30.0 cm³/mol. The molecule has 15 heavy (non-hydrogen) atoms. The molecule has 0 aliphatic heterocycles. The quantitative estimate of drug-likeness (QED) is 0.516. The molecule has 0 saturated heterocycles. The minimum atomic E-state index is -6.42. The van der Waals surface area contributed by atoms with Crippen LogP contribution >= 0.6 is 7.92 Å². The number of rotatable bonds is 2. The summed E-state index contributed by atoms with van der Waals surface area (Å²) in [6, 6.07) is 0. The van der Waals surface area contributed by atoms with Gasteiger partial charge in [0.05, 0.1) is 0 Å². The van der Waals surface area contributed by atoms with Crippen molar-refractivity contribution in [2.45, 2.75) is 23.9 Å². The lowest BCUT2D eigenvalue weighted by atomic mass is 10.7. The van der Waals surface area contributed by atoms with Crippen molar-refractivity contribution >= 4 is 7.92 Å². The highest BCUT2D eigenvalue weighted by molar-refractivity contribution is 7.60. The first-order chi connectivity index (χ1) is 6.31. The van der Waals surface area contributed by atoms with Gasteiger partial charge in [-0.25, -0.2) is 8.78 Å². The molecule has 0 atom stereocenters. The normalized spacial score (nSPS) is 15.2. The highest BCUT2D eigenvalue weighted by atomic mass is 31.1. The average molecular weight is 270 g/mol. The first-order valence-corrected chi connectivity index (χ1v) is 4.25. The Morgan fingerprint density at radius 2 is 0.933 bits per heavy atom. The Morgan fingerprint density at radius 3 is 1.00 bits per heavy atom. The van der Waals surface area contributed by atoms with Crippen LogP contribution in [0.5, 0.6) is 0 Å². The second-order valence-electron chi connectivity index (χ2n) is 2.16. The van der Waals surface area contributed by atoms with Gasteiger partial charge < -0.3 is 0 Å². The van der Waals surface area contributed by atoms with Gasteiger partial charge in [-0.3, -0.25) is 0 Å². The number of alkyl halides is 10. The van der Waals surface area contributed by atoms with E-state index >= 15 is 0 Å². The van der Waals surface area contributed by atoms with Crippen molar-refractivity contribution in [3.63, 3.8) is 0 Å². The number of hydrogen-bond donors (Lipinski definition) is 0. The van der Waals surface area contributed by atoms with Crippen LogP contribution in [-0.2, 0) is 0 Å². The Labute approximate surface area is 77.0 Å². The zero-order valence-electron chi connectivity index (χ0n) is 6.30. The van der Waals surface area contributed by atoms with Gasteiger partial charge in [0.2, 0.25) is 0 Å². The molecule has 0 aromatic rings. The maximum absolute atomic E-state index is 12.0. The molecule has 0 N–H and O–H groups in total. The molecule has 0 aliphatic rings. The zero-order valence-corrected chi connectivity index (χ0v) is 7.20. The Kier molecular flexibility index (Phi) is 3.88. The van der Waals surface area contributed by atoms with Crippen molar-refractivity contribution in [1.29, 1.82) is 0 Å². The van der Waals surface area contributed by atoms with Gasteiger partial charge in [0.1, 0.15) is 0 Å². The molecule has 0 amide bonds. The second kappa shape index (κ2) is 3.95. The third kappa shape index (κ3) is 3.35. The SMILES string of the molecule is FC(F)C(F)(F)P(C(F)(F)F)C(F)(F)F. The van der Waals surface area contributed by atoms with Crippen LogP contribution in [0.3, 0.4) is 0 Å².